The highest BCUT2D eigenvalue weighted by atomic mass is 32.2. The third kappa shape index (κ3) is 4.57. The lowest BCUT2D eigenvalue weighted by Gasteiger charge is -2.32. The molecule has 1 heterocycles. The molecule has 26 heavy (non-hydrogen) atoms. The van der Waals surface area contributed by atoms with Crippen molar-refractivity contribution in [2.45, 2.75) is 51.6 Å². The molecule has 6 nitrogen and oxygen atoms in total. The van der Waals surface area contributed by atoms with Gasteiger partial charge in [0.05, 0.1) is 11.8 Å². The molecule has 1 saturated heterocycles. The second kappa shape index (κ2) is 7.96. The molecule has 1 aromatic carbocycles. The maximum absolute atomic E-state index is 12.5. The Balaban J connectivity index is 1.55. The van der Waals surface area contributed by atoms with E-state index in [0.29, 0.717) is 31.8 Å². The number of hydrogen-bond acceptors (Lipinski definition) is 3. The van der Waals surface area contributed by atoms with Crippen molar-refractivity contribution in [3.63, 3.8) is 0 Å². The first-order valence-electron chi connectivity index (χ1n) is 9.51. The monoisotopic (exact) mass is 379 g/mol. The zero-order valence-electron chi connectivity index (χ0n) is 15.6. The summed E-state index contributed by atoms with van der Waals surface area (Å²) in [6.45, 7) is 4.70. The van der Waals surface area contributed by atoms with E-state index in [9.17, 15) is 13.2 Å². The number of carbonyl (C=O) groups is 1. The van der Waals surface area contributed by atoms with Gasteiger partial charge in [0.15, 0.2) is 0 Å². The van der Waals surface area contributed by atoms with Gasteiger partial charge >= 0.3 is 6.03 Å². The van der Waals surface area contributed by atoms with Crippen molar-refractivity contribution in [3.8, 4) is 0 Å². The Morgan fingerprint density at radius 3 is 2.42 bits per heavy atom. The second-order valence-electron chi connectivity index (χ2n) is 7.36. The van der Waals surface area contributed by atoms with Gasteiger partial charge in [0.1, 0.15) is 0 Å². The van der Waals surface area contributed by atoms with Crippen LogP contribution < -0.4 is 10.6 Å². The number of urea groups is 1. The molecule has 2 amide bonds. The Bertz CT molecular complexity index is 738. The van der Waals surface area contributed by atoms with Crippen LogP contribution in [0.1, 0.15) is 49.8 Å². The van der Waals surface area contributed by atoms with E-state index >= 15 is 0 Å². The summed E-state index contributed by atoms with van der Waals surface area (Å²) in [5.41, 5.74) is 2.39. The molecule has 1 aliphatic carbocycles. The number of sulfonamides is 1. The van der Waals surface area contributed by atoms with Crippen LogP contribution in [0.15, 0.2) is 24.3 Å². The SMILES string of the molecule is CCS(=O)(=O)N1CCC(NC(=O)NC(c2ccccc2C)C2CC2)CC1. The molecule has 1 aromatic rings. The molecule has 1 unspecified atom stereocenters. The zero-order valence-corrected chi connectivity index (χ0v) is 16.4. The van der Waals surface area contributed by atoms with Gasteiger partial charge in [0.25, 0.3) is 0 Å². The molecule has 7 heteroatoms. The van der Waals surface area contributed by atoms with Crippen LogP contribution in [0, 0.1) is 12.8 Å². The largest absolute Gasteiger partial charge is 0.335 e. The summed E-state index contributed by atoms with van der Waals surface area (Å²) in [7, 11) is -3.13. The van der Waals surface area contributed by atoms with Crippen LogP contribution >= 0.6 is 0 Å². The molecule has 2 fully saturated rings. The molecule has 0 bridgehead atoms. The number of nitrogens with one attached hydrogen (secondary N) is 2. The standard InChI is InChI=1S/C19H29N3O3S/c1-3-26(24,25)22-12-10-16(11-13-22)20-19(23)21-18(15-8-9-15)17-7-5-4-6-14(17)2/h4-7,15-16,18H,3,8-13H2,1-2H3,(H2,20,21,23). The van der Waals surface area contributed by atoms with Crippen molar-refractivity contribution in [1.29, 1.82) is 0 Å². The number of rotatable bonds is 6. The molecule has 2 N–H and O–H groups in total. The minimum Gasteiger partial charge on any atom is -0.335 e. The van der Waals surface area contributed by atoms with Gasteiger partial charge in [-0.1, -0.05) is 24.3 Å². The van der Waals surface area contributed by atoms with Crippen molar-refractivity contribution in [2.24, 2.45) is 5.92 Å². The summed E-state index contributed by atoms with van der Waals surface area (Å²) in [5, 5.41) is 6.19. The highest BCUT2D eigenvalue weighted by molar-refractivity contribution is 7.89. The van der Waals surface area contributed by atoms with Gasteiger partial charge in [-0.15, -0.1) is 0 Å². The summed E-state index contributed by atoms with van der Waals surface area (Å²) < 4.78 is 25.4. The Kier molecular flexibility index (Phi) is 5.87. The van der Waals surface area contributed by atoms with Crippen molar-refractivity contribution in [1.82, 2.24) is 14.9 Å². The van der Waals surface area contributed by atoms with E-state index in [1.807, 2.05) is 12.1 Å². The lowest BCUT2D eigenvalue weighted by molar-refractivity contribution is 0.222. The van der Waals surface area contributed by atoms with E-state index in [1.54, 1.807) is 6.92 Å². The average Bonchev–Trinajstić information content (AvgIpc) is 3.46. The van der Waals surface area contributed by atoms with Crippen molar-refractivity contribution in [2.75, 3.05) is 18.8 Å². The van der Waals surface area contributed by atoms with Crippen molar-refractivity contribution >= 4 is 16.1 Å². The molecule has 3 rings (SSSR count). The lowest BCUT2D eigenvalue weighted by Crippen LogP contribution is -2.50. The van der Waals surface area contributed by atoms with E-state index < -0.39 is 10.0 Å². The number of amides is 2. The fraction of sp³-hybridized carbons (Fsp3) is 0.632. The first-order valence-corrected chi connectivity index (χ1v) is 11.1. The molecule has 2 aliphatic rings. The predicted molar refractivity (Wildman–Crippen MR) is 102 cm³/mol. The van der Waals surface area contributed by atoms with E-state index in [-0.39, 0.29) is 23.9 Å². The minimum absolute atomic E-state index is 0.0232. The molecule has 0 spiro atoms. The summed E-state index contributed by atoms with van der Waals surface area (Å²) in [6.07, 6.45) is 3.61. The molecule has 0 aromatic heterocycles. The van der Waals surface area contributed by atoms with E-state index in [1.165, 1.54) is 15.4 Å². The van der Waals surface area contributed by atoms with Crippen LogP contribution in [0.25, 0.3) is 0 Å². The predicted octanol–water partition coefficient (Wildman–Crippen LogP) is 2.56. The van der Waals surface area contributed by atoms with E-state index in [4.69, 9.17) is 0 Å². The van der Waals surface area contributed by atoms with Crippen LogP contribution in [0.2, 0.25) is 0 Å². The molecule has 0 radical (unpaired) electrons. The van der Waals surface area contributed by atoms with E-state index in [2.05, 4.69) is 29.7 Å². The molecular weight excluding hydrogens is 350 g/mol. The highest BCUT2D eigenvalue weighted by Crippen LogP contribution is 2.41. The number of aryl methyl sites for hydroxylation is 1. The number of hydrogen-bond donors (Lipinski definition) is 2. The van der Waals surface area contributed by atoms with Crippen molar-refractivity contribution in [3.05, 3.63) is 35.4 Å². The summed E-state index contributed by atoms with van der Waals surface area (Å²) in [6, 6.07) is 8.12. The Hall–Kier alpha value is -1.60. The van der Waals surface area contributed by atoms with Gasteiger partial charge in [-0.2, -0.15) is 0 Å². The zero-order chi connectivity index (χ0) is 18.7. The average molecular weight is 380 g/mol. The Morgan fingerprint density at radius 2 is 1.85 bits per heavy atom. The van der Waals surface area contributed by atoms with Gasteiger partial charge in [0.2, 0.25) is 10.0 Å². The maximum atomic E-state index is 12.5. The fourth-order valence-electron chi connectivity index (χ4n) is 3.64. The van der Waals surface area contributed by atoms with Crippen LogP contribution in [0.5, 0.6) is 0 Å². The quantitative estimate of drug-likeness (QED) is 0.797. The maximum Gasteiger partial charge on any atom is 0.315 e. The fourth-order valence-corrected chi connectivity index (χ4v) is 4.78. The summed E-state index contributed by atoms with van der Waals surface area (Å²) in [4.78, 5) is 12.5. The Morgan fingerprint density at radius 1 is 1.19 bits per heavy atom. The van der Waals surface area contributed by atoms with Gasteiger partial charge in [-0.3, -0.25) is 0 Å². The van der Waals surface area contributed by atoms with Gasteiger partial charge in [0, 0.05) is 19.1 Å². The molecule has 144 valence electrons. The lowest BCUT2D eigenvalue weighted by atomic mass is 9.98. The molecule has 1 atom stereocenters. The Labute approximate surface area is 156 Å². The van der Waals surface area contributed by atoms with E-state index in [0.717, 1.165) is 12.8 Å². The first-order chi connectivity index (χ1) is 12.4. The highest BCUT2D eigenvalue weighted by Gasteiger charge is 2.35. The summed E-state index contributed by atoms with van der Waals surface area (Å²) in [5.74, 6) is 0.642. The van der Waals surface area contributed by atoms with Gasteiger partial charge < -0.3 is 10.6 Å². The third-order valence-corrected chi connectivity index (χ3v) is 7.33. The number of nitrogens with zero attached hydrogens (tertiary/aromatic N) is 1. The third-order valence-electron chi connectivity index (χ3n) is 5.45. The molecular formula is C19H29N3O3S. The normalized spacial score (nSPS) is 20.5. The first kappa shape index (κ1) is 19.2. The van der Waals surface area contributed by atoms with Crippen LogP contribution in [-0.4, -0.2) is 43.6 Å². The van der Waals surface area contributed by atoms with Gasteiger partial charge in [-0.25, -0.2) is 17.5 Å². The number of benzene rings is 1. The van der Waals surface area contributed by atoms with Gasteiger partial charge in [-0.05, 0) is 56.6 Å². The smallest absolute Gasteiger partial charge is 0.315 e. The number of piperidine rings is 1. The van der Waals surface area contributed by atoms with Crippen molar-refractivity contribution < 1.29 is 13.2 Å². The van der Waals surface area contributed by atoms with Crippen LogP contribution in [-0.2, 0) is 10.0 Å². The molecule has 1 aliphatic heterocycles. The number of carbonyl (C=O) groups excluding carboxylic acids is 1. The van der Waals surface area contributed by atoms with Crippen LogP contribution in [0.4, 0.5) is 4.79 Å². The molecule has 1 saturated carbocycles. The minimum atomic E-state index is -3.13. The summed E-state index contributed by atoms with van der Waals surface area (Å²) >= 11 is 0. The topological polar surface area (TPSA) is 78.5 Å². The second-order valence-corrected chi connectivity index (χ2v) is 9.62. The van der Waals surface area contributed by atoms with Crippen LogP contribution in [0.3, 0.4) is 0 Å².